The third-order valence-electron chi connectivity index (χ3n) is 5.28. The quantitative estimate of drug-likeness (QED) is 0.240. The van der Waals surface area contributed by atoms with Crippen LogP contribution < -0.4 is 27.9 Å². The van der Waals surface area contributed by atoms with Crippen molar-refractivity contribution >= 4 is 23.3 Å². The first-order valence-corrected chi connectivity index (χ1v) is 10.2. The topological polar surface area (TPSA) is 161 Å². The molecule has 0 fully saturated rings. The van der Waals surface area contributed by atoms with Gasteiger partial charge < -0.3 is 9.67 Å². The maximum Gasteiger partial charge on any atom is 0.332 e. The first-order chi connectivity index (χ1) is 15.2. The number of hydrogen-bond acceptors (Lipinski definition) is 8. The van der Waals surface area contributed by atoms with Crippen LogP contribution >= 0.6 is 0 Å². The Morgan fingerprint density at radius 1 is 1.06 bits per heavy atom. The van der Waals surface area contributed by atoms with Gasteiger partial charge in [-0.25, -0.2) is 15.0 Å². The molecule has 0 saturated carbocycles. The number of H-pyrrole nitrogens is 1. The van der Waals surface area contributed by atoms with Crippen LogP contribution in [0.4, 0.5) is 5.95 Å². The summed E-state index contributed by atoms with van der Waals surface area (Å²) in [5.41, 5.74) is 0.239. The van der Waals surface area contributed by atoms with E-state index >= 15 is 0 Å². The summed E-state index contributed by atoms with van der Waals surface area (Å²) in [7, 11) is 4.43. The maximum atomic E-state index is 12.4. The molecule has 13 nitrogen and oxygen atoms in total. The van der Waals surface area contributed by atoms with Gasteiger partial charge in [0.05, 0.1) is 6.21 Å². The Labute approximate surface area is 181 Å². The second-order valence-corrected chi connectivity index (χ2v) is 7.45. The number of rotatable bonds is 8. The fourth-order valence-electron chi connectivity index (χ4n) is 3.37. The molecule has 0 unspecified atom stereocenters. The molecule has 0 saturated heterocycles. The molecule has 32 heavy (non-hydrogen) atoms. The molecule has 3 aromatic heterocycles. The molecule has 13 heteroatoms. The summed E-state index contributed by atoms with van der Waals surface area (Å²) in [5, 5.41) is 14.4. The molecule has 0 bridgehead atoms. The summed E-state index contributed by atoms with van der Waals surface area (Å²) in [6.07, 6.45) is 4.66. The van der Waals surface area contributed by atoms with Crippen molar-refractivity contribution in [3.8, 4) is 5.88 Å². The molecule has 172 valence electrons. The van der Waals surface area contributed by atoms with Crippen molar-refractivity contribution in [2.24, 2.45) is 26.2 Å². The monoisotopic (exact) mass is 446 g/mol. The lowest BCUT2D eigenvalue weighted by Crippen LogP contribution is -2.37. The zero-order valence-corrected chi connectivity index (χ0v) is 18.4. The molecule has 0 spiro atoms. The van der Waals surface area contributed by atoms with Crippen LogP contribution in [0, 0.1) is 0 Å². The van der Waals surface area contributed by atoms with Crippen molar-refractivity contribution < 1.29 is 5.11 Å². The van der Waals surface area contributed by atoms with Crippen LogP contribution in [0.2, 0.25) is 0 Å². The molecular weight excluding hydrogens is 420 g/mol. The highest BCUT2D eigenvalue weighted by Crippen LogP contribution is 2.14. The predicted molar refractivity (Wildman–Crippen MR) is 120 cm³/mol. The molecule has 0 radical (unpaired) electrons. The van der Waals surface area contributed by atoms with E-state index in [0.717, 1.165) is 34.6 Å². The Morgan fingerprint density at radius 3 is 2.47 bits per heavy atom. The normalized spacial score (nSPS) is 11.6. The summed E-state index contributed by atoms with van der Waals surface area (Å²) in [6, 6.07) is 0. The van der Waals surface area contributed by atoms with Crippen LogP contribution in [-0.4, -0.2) is 39.6 Å². The van der Waals surface area contributed by atoms with Crippen LogP contribution in [-0.2, 0) is 27.7 Å². The van der Waals surface area contributed by atoms with Gasteiger partial charge in [0.1, 0.15) is 5.56 Å². The number of hydrazone groups is 1. The molecule has 0 aliphatic carbocycles. The van der Waals surface area contributed by atoms with Crippen molar-refractivity contribution in [1.29, 1.82) is 0 Å². The minimum Gasteiger partial charge on any atom is -0.494 e. The van der Waals surface area contributed by atoms with E-state index < -0.39 is 28.4 Å². The largest absolute Gasteiger partial charge is 0.494 e. The number of aryl methyl sites for hydroxylation is 2. The number of hydrogen-bond donors (Lipinski definition) is 3. The molecule has 0 aromatic carbocycles. The molecule has 0 aliphatic rings. The molecule has 3 N–H and O–H groups in total. The smallest absolute Gasteiger partial charge is 0.332 e. The summed E-state index contributed by atoms with van der Waals surface area (Å²) >= 11 is 0. The van der Waals surface area contributed by atoms with Crippen molar-refractivity contribution in [1.82, 2.24) is 28.2 Å². The van der Waals surface area contributed by atoms with Gasteiger partial charge >= 0.3 is 11.4 Å². The SMILES string of the molecule is CCCCCCn1c(O)c(C=NNc2nc3c(c(=O)n(C)c(=O)n3C)n2C)c(=O)[nH]c1=O. The molecule has 0 aliphatic heterocycles. The Hall–Kier alpha value is -3.90. The molecular formula is C19H26N8O5. The van der Waals surface area contributed by atoms with Gasteiger partial charge in [-0.1, -0.05) is 26.2 Å². The van der Waals surface area contributed by atoms with Crippen molar-refractivity contribution in [3.63, 3.8) is 0 Å². The van der Waals surface area contributed by atoms with E-state index in [-0.39, 0.29) is 29.2 Å². The average Bonchev–Trinajstić information content (AvgIpc) is 3.08. The lowest BCUT2D eigenvalue weighted by molar-refractivity contribution is 0.392. The van der Waals surface area contributed by atoms with Gasteiger partial charge in [-0.15, -0.1) is 0 Å². The maximum absolute atomic E-state index is 12.4. The number of fused-ring (bicyclic) bond motifs is 1. The second-order valence-electron chi connectivity index (χ2n) is 7.45. The van der Waals surface area contributed by atoms with E-state index in [4.69, 9.17) is 0 Å². The van der Waals surface area contributed by atoms with Gasteiger partial charge in [-0.2, -0.15) is 10.1 Å². The third-order valence-corrected chi connectivity index (χ3v) is 5.28. The number of aromatic amines is 1. The highest BCUT2D eigenvalue weighted by atomic mass is 16.3. The zero-order chi connectivity index (χ0) is 23.6. The van der Waals surface area contributed by atoms with Gasteiger partial charge in [-0.3, -0.25) is 28.3 Å². The van der Waals surface area contributed by atoms with E-state index in [1.165, 1.54) is 23.2 Å². The third kappa shape index (κ3) is 4.00. The molecule has 0 amide bonds. The van der Waals surface area contributed by atoms with Crippen LogP contribution in [0.25, 0.3) is 11.2 Å². The van der Waals surface area contributed by atoms with E-state index in [1.54, 1.807) is 7.05 Å². The Morgan fingerprint density at radius 2 is 1.78 bits per heavy atom. The van der Waals surface area contributed by atoms with Crippen molar-refractivity contribution in [3.05, 3.63) is 47.2 Å². The molecule has 0 atom stereocenters. The van der Waals surface area contributed by atoms with E-state index in [0.29, 0.717) is 6.42 Å². The van der Waals surface area contributed by atoms with E-state index in [1.807, 2.05) is 0 Å². The van der Waals surface area contributed by atoms with Gasteiger partial charge in [-0.05, 0) is 6.42 Å². The number of nitrogens with one attached hydrogen (secondary N) is 2. The van der Waals surface area contributed by atoms with Crippen LogP contribution in [0.3, 0.4) is 0 Å². The molecule has 3 aromatic rings. The standard InChI is InChI=1S/C19H26N8O5/c1-5-6-7-8-9-27-15(29)11(14(28)22-18(27)31)10-20-23-17-21-13-12(24(17)2)16(30)26(4)19(32)25(13)3/h10,29H,5-9H2,1-4H3,(H,21,23)(H,22,28,31). The van der Waals surface area contributed by atoms with Gasteiger partial charge in [0, 0.05) is 27.7 Å². The average molecular weight is 446 g/mol. The Kier molecular flexibility index (Phi) is 6.46. The first kappa shape index (κ1) is 22.8. The summed E-state index contributed by atoms with van der Waals surface area (Å²) in [4.78, 5) is 55.1. The summed E-state index contributed by atoms with van der Waals surface area (Å²) in [6.45, 7) is 2.32. The van der Waals surface area contributed by atoms with E-state index in [9.17, 15) is 24.3 Å². The van der Waals surface area contributed by atoms with Crippen LogP contribution in [0.5, 0.6) is 5.88 Å². The summed E-state index contributed by atoms with van der Waals surface area (Å²) < 4.78 is 4.72. The first-order valence-electron chi connectivity index (χ1n) is 10.2. The van der Waals surface area contributed by atoms with Gasteiger partial charge in [0.2, 0.25) is 11.8 Å². The van der Waals surface area contributed by atoms with Gasteiger partial charge in [0.15, 0.2) is 11.2 Å². The fraction of sp³-hybridized carbons (Fsp3) is 0.474. The number of imidazole rings is 1. The predicted octanol–water partition coefficient (Wildman–Crippen LogP) is -0.447. The lowest BCUT2D eigenvalue weighted by atomic mass is 10.2. The number of nitrogens with zero attached hydrogens (tertiary/aromatic N) is 6. The molecule has 3 heterocycles. The number of aromatic hydroxyl groups is 1. The van der Waals surface area contributed by atoms with E-state index in [2.05, 4.69) is 27.4 Å². The van der Waals surface area contributed by atoms with Crippen LogP contribution in [0.1, 0.15) is 38.2 Å². The van der Waals surface area contributed by atoms with Crippen LogP contribution in [0.15, 0.2) is 24.3 Å². The van der Waals surface area contributed by atoms with Crippen molar-refractivity contribution in [2.45, 2.75) is 39.2 Å². The molecule has 3 rings (SSSR count). The summed E-state index contributed by atoms with van der Waals surface area (Å²) in [5.74, 6) is -0.347. The minimum absolute atomic E-state index is 0.137. The second kappa shape index (κ2) is 9.08. The Balaban J connectivity index is 1.93. The highest BCUT2D eigenvalue weighted by Gasteiger charge is 2.17. The lowest BCUT2D eigenvalue weighted by Gasteiger charge is -2.09. The zero-order valence-electron chi connectivity index (χ0n) is 18.4. The minimum atomic E-state index is -0.788. The van der Waals surface area contributed by atoms with Crippen molar-refractivity contribution in [2.75, 3.05) is 5.43 Å². The van der Waals surface area contributed by atoms with Gasteiger partial charge in [0.25, 0.3) is 11.1 Å². The number of unbranched alkanes of at least 4 members (excludes halogenated alkanes) is 3. The fourth-order valence-corrected chi connectivity index (χ4v) is 3.37. The number of anilines is 1. The Bertz CT molecular complexity index is 1420. The highest BCUT2D eigenvalue weighted by molar-refractivity contribution is 5.82. The number of aromatic nitrogens is 6.